The Balaban J connectivity index is 0.000000170. The first kappa shape index (κ1) is 27.0. The van der Waals surface area contributed by atoms with Crippen molar-refractivity contribution in [1.82, 2.24) is 0 Å². The van der Waals surface area contributed by atoms with Gasteiger partial charge in [-0.05, 0) is 57.9 Å². The lowest BCUT2D eigenvalue weighted by Crippen LogP contribution is -2.54. The fourth-order valence-electron chi connectivity index (χ4n) is 7.40. The van der Waals surface area contributed by atoms with Gasteiger partial charge in [0, 0.05) is 31.0 Å². The van der Waals surface area contributed by atoms with Gasteiger partial charge in [-0.1, -0.05) is 65.0 Å². The molecule has 2 N–H and O–H groups in total. The summed E-state index contributed by atoms with van der Waals surface area (Å²) in [5.74, 6) is -0.283. The van der Waals surface area contributed by atoms with Crippen LogP contribution in [0.4, 0.5) is 5.69 Å². The lowest BCUT2D eigenvalue weighted by atomic mass is 9.60. The van der Waals surface area contributed by atoms with Crippen LogP contribution in [0.15, 0.2) is 36.4 Å². The molecule has 4 atom stereocenters. The molecule has 1 spiro atoms. The average Bonchev–Trinajstić information content (AvgIpc) is 3.30. The Kier molecular flexibility index (Phi) is 6.19. The van der Waals surface area contributed by atoms with E-state index in [4.69, 9.17) is 4.55 Å². The summed E-state index contributed by atoms with van der Waals surface area (Å²) >= 11 is 0. The van der Waals surface area contributed by atoms with E-state index in [0.717, 1.165) is 22.0 Å². The van der Waals surface area contributed by atoms with Crippen molar-refractivity contribution in [2.45, 2.75) is 65.6 Å². The van der Waals surface area contributed by atoms with Gasteiger partial charge in [-0.2, -0.15) is 8.42 Å². The number of ketones is 3. The number of hydrogen-bond acceptors (Lipinski definition) is 6. The molecule has 0 aromatic heterocycles. The summed E-state index contributed by atoms with van der Waals surface area (Å²) in [6.07, 6.45) is 2.11. The van der Waals surface area contributed by atoms with E-state index in [1.807, 2.05) is 46.8 Å². The number of rotatable bonds is 1. The Labute approximate surface area is 224 Å². The number of hydrogen-bond donors (Lipinski definition) is 2. The molecule has 0 saturated heterocycles. The summed E-state index contributed by atoms with van der Waals surface area (Å²) in [7, 11) is -4.23. The van der Waals surface area contributed by atoms with Crippen LogP contribution < -0.4 is 5.32 Å². The second-order valence-corrected chi connectivity index (χ2v) is 14.7. The van der Waals surface area contributed by atoms with E-state index < -0.39 is 20.8 Å². The van der Waals surface area contributed by atoms with Gasteiger partial charge in [-0.15, -0.1) is 0 Å². The summed E-state index contributed by atoms with van der Waals surface area (Å²) < 4.78 is 31.4. The maximum Gasteiger partial charge on any atom is 0.275 e. The molecule has 4 aliphatic rings. The molecule has 3 saturated carbocycles. The molecule has 2 aromatic rings. The zero-order valence-corrected chi connectivity index (χ0v) is 23.5. The zero-order chi connectivity index (χ0) is 27.8. The van der Waals surface area contributed by atoms with Crippen LogP contribution >= 0.6 is 0 Å². The van der Waals surface area contributed by atoms with Crippen molar-refractivity contribution in [2.24, 2.45) is 34.0 Å². The van der Waals surface area contributed by atoms with Crippen LogP contribution in [0, 0.1) is 34.0 Å². The van der Waals surface area contributed by atoms with Gasteiger partial charge in [-0.25, -0.2) is 0 Å². The third-order valence-electron chi connectivity index (χ3n) is 10.0. The molecular weight excluding hydrogens is 502 g/mol. The van der Waals surface area contributed by atoms with Crippen LogP contribution in [-0.4, -0.2) is 42.1 Å². The van der Waals surface area contributed by atoms with Crippen LogP contribution in [0.3, 0.4) is 0 Å². The van der Waals surface area contributed by atoms with Crippen molar-refractivity contribution in [2.75, 3.05) is 11.9 Å². The summed E-state index contributed by atoms with van der Waals surface area (Å²) in [5, 5.41) is 4.48. The lowest BCUT2D eigenvalue weighted by molar-refractivity contribution is -0.147. The topological polar surface area (TPSA) is 118 Å². The minimum atomic E-state index is -4.23. The predicted octanol–water partition coefficient (Wildman–Crippen LogP) is 4.88. The maximum absolute atomic E-state index is 12.9. The van der Waals surface area contributed by atoms with E-state index in [1.54, 1.807) is 0 Å². The molecule has 2 aromatic carbocycles. The number of anilines is 1. The molecule has 0 unspecified atom stereocenters. The second-order valence-electron chi connectivity index (χ2n) is 13.2. The number of fused-ring (bicyclic) bond motifs is 5. The van der Waals surface area contributed by atoms with Crippen molar-refractivity contribution < 1.29 is 27.4 Å². The monoisotopic (exact) mass is 539 g/mol. The van der Waals surface area contributed by atoms with Gasteiger partial charge in [0.05, 0.1) is 0 Å². The van der Waals surface area contributed by atoms with Crippen molar-refractivity contribution in [1.29, 1.82) is 0 Å². The molecule has 3 aliphatic carbocycles. The Morgan fingerprint density at radius 2 is 1.55 bits per heavy atom. The highest BCUT2D eigenvalue weighted by Crippen LogP contribution is 2.59. The van der Waals surface area contributed by atoms with Gasteiger partial charge >= 0.3 is 0 Å². The molecule has 6 rings (SSSR count). The predicted molar refractivity (Wildman–Crippen MR) is 146 cm³/mol. The lowest BCUT2D eigenvalue weighted by Gasteiger charge is -2.43. The SMILES string of the molecule is CC1(C)CC(=O)C2(CNc3ccc4ccccc4c3C2)C(=O)C1.C[C@H]1[C@H]2C[C@H]([C@@H](S(=O)(=O)O)C2=O)C1(C)C. The molecule has 7 nitrogen and oxygen atoms in total. The summed E-state index contributed by atoms with van der Waals surface area (Å²) in [6.45, 7) is 10.4. The fourth-order valence-corrected chi connectivity index (χ4v) is 8.75. The minimum absolute atomic E-state index is 0.102. The van der Waals surface area contributed by atoms with Crippen LogP contribution in [0.1, 0.15) is 59.4 Å². The highest BCUT2D eigenvalue weighted by Gasteiger charge is 2.63. The van der Waals surface area contributed by atoms with Gasteiger partial charge in [0.1, 0.15) is 22.2 Å². The van der Waals surface area contributed by atoms with E-state index in [2.05, 4.69) is 29.6 Å². The van der Waals surface area contributed by atoms with Gasteiger partial charge < -0.3 is 5.32 Å². The highest BCUT2D eigenvalue weighted by molar-refractivity contribution is 7.87. The summed E-state index contributed by atoms with van der Waals surface area (Å²) in [4.78, 5) is 37.5. The van der Waals surface area contributed by atoms with E-state index in [0.29, 0.717) is 32.2 Å². The standard InChI is InChI=1S/C20H21NO2.C10H16O4S/c1-19(2)10-17(22)20(18(23)11-19)9-15-14-6-4-3-5-13(14)7-8-16(15)21-12-20;1-5-6-4-7(10(5,2)3)9(8(6)11)15(12,13)14/h3-8,21H,9-12H2,1-2H3;5-7,9H,4H2,1-3H3,(H,12,13,14)/t;5-,6+,7+,9+/m.0/s1. The van der Waals surface area contributed by atoms with Gasteiger partial charge in [-0.3, -0.25) is 18.9 Å². The number of carbonyl (C=O) groups is 3. The molecular formula is C30H37NO6S. The third-order valence-corrected chi connectivity index (χ3v) is 11.2. The largest absolute Gasteiger partial charge is 0.383 e. The van der Waals surface area contributed by atoms with E-state index in [-0.39, 0.29) is 45.9 Å². The first-order valence-electron chi connectivity index (χ1n) is 13.4. The molecule has 0 radical (unpaired) electrons. The van der Waals surface area contributed by atoms with Gasteiger partial charge in [0.2, 0.25) is 0 Å². The van der Waals surface area contributed by atoms with Crippen LogP contribution in [0.25, 0.3) is 10.8 Å². The quantitative estimate of drug-likeness (QED) is 0.392. The normalized spacial score (nSPS) is 30.5. The molecule has 8 heteroatoms. The first-order valence-corrected chi connectivity index (χ1v) is 14.9. The van der Waals surface area contributed by atoms with E-state index in [1.165, 1.54) is 0 Å². The number of Topliss-reactive ketones (excluding diaryl/α,β-unsaturated/α-hetero) is 3. The molecule has 2 bridgehead atoms. The fraction of sp³-hybridized carbons (Fsp3) is 0.567. The summed E-state index contributed by atoms with van der Waals surface area (Å²) in [5.41, 5.74) is 0.903. The molecule has 38 heavy (non-hydrogen) atoms. The van der Waals surface area contributed by atoms with Gasteiger partial charge in [0.15, 0.2) is 5.78 Å². The first-order chi connectivity index (χ1) is 17.6. The van der Waals surface area contributed by atoms with Gasteiger partial charge in [0.25, 0.3) is 10.1 Å². The number of carbonyl (C=O) groups excluding carboxylic acids is 3. The molecule has 1 aliphatic heterocycles. The molecule has 1 heterocycles. The highest BCUT2D eigenvalue weighted by atomic mass is 32.2. The Morgan fingerprint density at radius 1 is 0.921 bits per heavy atom. The summed E-state index contributed by atoms with van der Waals surface area (Å²) in [6, 6.07) is 12.3. The minimum Gasteiger partial charge on any atom is -0.383 e. The third kappa shape index (κ3) is 4.11. The van der Waals surface area contributed by atoms with E-state index >= 15 is 0 Å². The van der Waals surface area contributed by atoms with E-state index in [9.17, 15) is 22.8 Å². The second kappa shape index (κ2) is 8.71. The number of benzene rings is 2. The van der Waals surface area contributed by atoms with Crippen molar-refractivity contribution in [3.8, 4) is 0 Å². The molecule has 204 valence electrons. The molecule has 0 amide bonds. The Bertz CT molecular complexity index is 1440. The smallest absolute Gasteiger partial charge is 0.275 e. The van der Waals surface area contributed by atoms with Crippen LogP contribution in [0.5, 0.6) is 0 Å². The Morgan fingerprint density at radius 3 is 2.16 bits per heavy atom. The van der Waals surface area contributed by atoms with Crippen LogP contribution in [-0.2, 0) is 30.9 Å². The zero-order valence-electron chi connectivity index (χ0n) is 22.7. The Hall–Kier alpha value is -2.58. The number of nitrogens with one attached hydrogen (secondary N) is 1. The van der Waals surface area contributed by atoms with Crippen molar-refractivity contribution >= 4 is 43.9 Å². The maximum atomic E-state index is 12.9. The van der Waals surface area contributed by atoms with Crippen LogP contribution in [0.2, 0.25) is 0 Å². The van der Waals surface area contributed by atoms with Crippen molar-refractivity contribution in [3.05, 3.63) is 42.0 Å². The molecule has 3 fully saturated rings. The average molecular weight is 540 g/mol. The van der Waals surface area contributed by atoms with Crippen molar-refractivity contribution in [3.63, 3.8) is 0 Å².